The average molecular weight is 356 g/mol. The van der Waals surface area contributed by atoms with Gasteiger partial charge in [0.2, 0.25) is 0 Å². The molecule has 1 aromatic rings. The van der Waals surface area contributed by atoms with Gasteiger partial charge in [0.05, 0.1) is 12.6 Å². The fraction of sp³-hybridized carbons (Fsp3) is 0.619. The van der Waals surface area contributed by atoms with E-state index in [-0.39, 0.29) is 29.1 Å². The molecule has 2 bridgehead atoms. The maximum absolute atomic E-state index is 13.2. The lowest BCUT2D eigenvalue weighted by atomic mass is 9.65. The highest BCUT2D eigenvalue weighted by Gasteiger charge is 2.56. The summed E-state index contributed by atoms with van der Waals surface area (Å²) in [5.41, 5.74) is 2.40. The number of carbonyl (C=O) groups is 2. The minimum absolute atomic E-state index is 0.00511. The highest BCUT2D eigenvalue weighted by molar-refractivity contribution is 6.05. The molecule has 1 aromatic carbocycles. The molecule has 1 amide bonds. The number of hydrogen-bond donors (Lipinski definition) is 1. The number of Topliss-reactive ketones (excluding diaryl/α,β-unsaturated/α-hetero) is 1. The van der Waals surface area contributed by atoms with Gasteiger partial charge in [-0.3, -0.25) is 14.5 Å². The second-order valence-corrected chi connectivity index (χ2v) is 8.40. The van der Waals surface area contributed by atoms with Crippen molar-refractivity contribution < 1.29 is 14.3 Å². The molecule has 1 unspecified atom stereocenters. The monoisotopic (exact) mass is 356 g/mol. The summed E-state index contributed by atoms with van der Waals surface area (Å²) in [6.07, 6.45) is 2.59. The number of methoxy groups -OCH3 is 1. The summed E-state index contributed by atoms with van der Waals surface area (Å²) in [5.74, 6) is 1.16. The standard InChI is InChI=1S/C21H28N2O3/c1-13-18-19(24)16-7-6-15(20(25)22-8-9-26-3)10-17(16)21(13,2)12-23(18)11-14-4-5-14/h6-7,10,13-14,18H,4-5,8-9,11-12H2,1-3H3,(H,22,25)/t13-,18?,21+/m0/s1. The lowest BCUT2D eigenvalue weighted by Gasteiger charge is -2.36. The lowest BCUT2D eigenvalue weighted by molar-refractivity contribution is 0.0818. The van der Waals surface area contributed by atoms with Crippen molar-refractivity contribution in [1.29, 1.82) is 0 Å². The first-order chi connectivity index (χ1) is 12.5. The van der Waals surface area contributed by atoms with Gasteiger partial charge < -0.3 is 10.1 Å². The molecule has 3 atom stereocenters. The predicted molar refractivity (Wildman–Crippen MR) is 99.6 cm³/mol. The molecule has 3 aliphatic rings. The second kappa shape index (κ2) is 6.46. The average Bonchev–Trinajstić information content (AvgIpc) is 3.40. The molecule has 1 saturated heterocycles. The Kier molecular flexibility index (Phi) is 4.40. The van der Waals surface area contributed by atoms with Gasteiger partial charge in [0.25, 0.3) is 5.91 Å². The summed E-state index contributed by atoms with van der Waals surface area (Å²) < 4.78 is 4.99. The number of ether oxygens (including phenoxy) is 1. The predicted octanol–water partition coefficient (Wildman–Crippen LogP) is 2.25. The maximum Gasteiger partial charge on any atom is 0.251 e. The highest BCUT2D eigenvalue weighted by atomic mass is 16.5. The van der Waals surface area contributed by atoms with Crippen LogP contribution >= 0.6 is 0 Å². The van der Waals surface area contributed by atoms with Gasteiger partial charge in [0, 0.05) is 43.3 Å². The molecule has 1 aliphatic heterocycles. The first-order valence-corrected chi connectivity index (χ1v) is 9.65. The molecule has 5 nitrogen and oxygen atoms in total. The van der Waals surface area contributed by atoms with Crippen LogP contribution in [0.3, 0.4) is 0 Å². The van der Waals surface area contributed by atoms with Crippen LogP contribution in [0, 0.1) is 11.8 Å². The Morgan fingerprint density at radius 3 is 2.85 bits per heavy atom. The second-order valence-electron chi connectivity index (χ2n) is 8.40. The fourth-order valence-electron chi connectivity index (χ4n) is 4.76. The van der Waals surface area contributed by atoms with E-state index in [1.165, 1.54) is 12.8 Å². The van der Waals surface area contributed by atoms with E-state index in [1.54, 1.807) is 13.2 Å². The number of ketones is 1. The first-order valence-electron chi connectivity index (χ1n) is 9.65. The molecule has 1 heterocycles. The molecule has 2 fully saturated rings. The van der Waals surface area contributed by atoms with Crippen molar-refractivity contribution >= 4 is 11.7 Å². The van der Waals surface area contributed by atoms with Crippen LogP contribution in [-0.2, 0) is 10.2 Å². The summed E-state index contributed by atoms with van der Waals surface area (Å²) in [7, 11) is 1.61. The highest BCUT2D eigenvalue weighted by Crippen LogP contribution is 2.50. The fourth-order valence-corrected chi connectivity index (χ4v) is 4.76. The van der Waals surface area contributed by atoms with Gasteiger partial charge >= 0.3 is 0 Å². The lowest BCUT2D eigenvalue weighted by Crippen LogP contribution is -2.44. The van der Waals surface area contributed by atoms with Crippen LogP contribution in [0.2, 0.25) is 0 Å². The minimum Gasteiger partial charge on any atom is -0.383 e. The molecule has 1 saturated carbocycles. The van der Waals surface area contributed by atoms with Crippen LogP contribution in [0.1, 0.15) is 53.0 Å². The Balaban J connectivity index is 1.64. The molecule has 0 spiro atoms. The largest absolute Gasteiger partial charge is 0.383 e. The number of rotatable bonds is 6. The van der Waals surface area contributed by atoms with E-state index in [4.69, 9.17) is 4.74 Å². The van der Waals surface area contributed by atoms with Crippen molar-refractivity contribution in [2.24, 2.45) is 11.8 Å². The molecule has 4 rings (SSSR count). The molecule has 0 radical (unpaired) electrons. The zero-order chi connectivity index (χ0) is 18.5. The summed E-state index contributed by atoms with van der Waals surface area (Å²) in [6.45, 7) is 7.37. The molecule has 1 N–H and O–H groups in total. The Morgan fingerprint density at radius 1 is 1.38 bits per heavy atom. The van der Waals surface area contributed by atoms with Crippen LogP contribution in [-0.4, -0.2) is 56.0 Å². The van der Waals surface area contributed by atoms with Gasteiger partial charge in [0.1, 0.15) is 0 Å². The van der Waals surface area contributed by atoms with E-state index >= 15 is 0 Å². The third kappa shape index (κ3) is 2.78. The van der Waals surface area contributed by atoms with Crippen molar-refractivity contribution in [3.63, 3.8) is 0 Å². The van der Waals surface area contributed by atoms with E-state index < -0.39 is 0 Å². The Hall–Kier alpha value is -1.72. The van der Waals surface area contributed by atoms with Gasteiger partial charge in [0.15, 0.2) is 5.78 Å². The molecule has 26 heavy (non-hydrogen) atoms. The normalized spacial score (nSPS) is 30.3. The number of fused-ring (bicyclic) bond motifs is 4. The van der Waals surface area contributed by atoms with Crippen molar-refractivity contribution in [2.75, 3.05) is 33.4 Å². The number of carbonyl (C=O) groups excluding carboxylic acids is 2. The van der Waals surface area contributed by atoms with Crippen LogP contribution in [0.15, 0.2) is 18.2 Å². The van der Waals surface area contributed by atoms with Gasteiger partial charge in [-0.2, -0.15) is 0 Å². The van der Waals surface area contributed by atoms with Crippen LogP contribution in [0.25, 0.3) is 0 Å². The number of nitrogens with zero attached hydrogens (tertiary/aromatic N) is 1. The van der Waals surface area contributed by atoms with Crippen molar-refractivity contribution in [1.82, 2.24) is 10.2 Å². The minimum atomic E-state index is -0.108. The Labute approximate surface area is 155 Å². The van der Waals surface area contributed by atoms with Crippen LogP contribution < -0.4 is 5.32 Å². The van der Waals surface area contributed by atoms with E-state index in [0.29, 0.717) is 18.7 Å². The zero-order valence-corrected chi connectivity index (χ0v) is 15.9. The number of hydrogen-bond acceptors (Lipinski definition) is 4. The summed E-state index contributed by atoms with van der Waals surface area (Å²) in [6, 6.07) is 5.58. The topological polar surface area (TPSA) is 58.6 Å². The van der Waals surface area contributed by atoms with Crippen molar-refractivity contribution in [2.45, 2.75) is 38.1 Å². The van der Waals surface area contributed by atoms with Gasteiger partial charge in [-0.25, -0.2) is 0 Å². The summed E-state index contributed by atoms with van der Waals surface area (Å²) in [5, 5.41) is 2.87. The number of benzene rings is 1. The van der Waals surface area contributed by atoms with Gasteiger partial charge in [-0.05, 0) is 42.4 Å². The molecular weight excluding hydrogens is 328 g/mol. The Morgan fingerprint density at radius 2 is 2.15 bits per heavy atom. The summed E-state index contributed by atoms with van der Waals surface area (Å²) >= 11 is 0. The molecule has 2 aliphatic carbocycles. The van der Waals surface area contributed by atoms with Gasteiger partial charge in [-0.15, -0.1) is 0 Å². The quantitative estimate of drug-likeness (QED) is 0.794. The molecule has 0 aromatic heterocycles. The zero-order valence-electron chi connectivity index (χ0n) is 15.9. The van der Waals surface area contributed by atoms with E-state index in [1.807, 2.05) is 12.1 Å². The first kappa shape index (κ1) is 17.7. The van der Waals surface area contributed by atoms with E-state index in [9.17, 15) is 9.59 Å². The summed E-state index contributed by atoms with van der Waals surface area (Å²) in [4.78, 5) is 28.0. The Bertz CT molecular complexity index is 743. The van der Waals surface area contributed by atoms with Crippen molar-refractivity contribution in [3.05, 3.63) is 34.9 Å². The van der Waals surface area contributed by atoms with E-state index in [2.05, 4.69) is 24.1 Å². The van der Waals surface area contributed by atoms with Crippen LogP contribution in [0.4, 0.5) is 0 Å². The molecule has 140 valence electrons. The maximum atomic E-state index is 13.2. The molecular formula is C21H28N2O3. The number of nitrogens with one attached hydrogen (secondary N) is 1. The molecule has 5 heteroatoms. The smallest absolute Gasteiger partial charge is 0.251 e. The third-order valence-electron chi connectivity index (χ3n) is 6.62. The number of likely N-dealkylation sites (tertiary alicyclic amines) is 1. The SMILES string of the molecule is COCCNC(=O)c1ccc2c(c1)[C@]1(C)CN(CC3CC3)C(C2=O)[C@@H]1C. The third-order valence-corrected chi connectivity index (χ3v) is 6.62. The van der Waals surface area contributed by atoms with Gasteiger partial charge in [-0.1, -0.05) is 19.9 Å². The van der Waals surface area contributed by atoms with E-state index in [0.717, 1.165) is 30.1 Å². The van der Waals surface area contributed by atoms with Crippen LogP contribution in [0.5, 0.6) is 0 Å². The van der Waals surface area contributed by atoms with Crippen molar-refractivity contribution in [3.8, 4) is 0 Å². The number of amides is 1.